The highest BCUT2D eigenvalue weighted by atomic mass is 19.1. The summed E-state index contributed by atoms with van der Waals surface area (Å²) in [5.74, 6) is 0.268. The van der Waals surface area contributed by atoms with Gasteiger partial charge in [0.25, 0.3) is 0 Å². The number of benzene rings is 2. The zero-order valence-corrected chi connectivity index (χ0v) is 15.3. The van der Waals surface area contributed by atoms with Crippen LogP contribution in [0.1, 0.15) is 18.1 Å². The largest absolute Gasteiger partial charge is 0.488 e. The lowest BCUT2D eigenvalue weighted by molar-refractivity contribution is 0.123. The molecule has 0 aliphatic carbocycles. The third kappa shape index (κ3) is 3.53. The van der Waals surface area contributed by atoms with Gasteiger partial charge in [0.1, 0.15) is 30.3 Å². The third-order valence-corrected chi connectivity index (χ3v) is 4.71. The second kappa shape index (κ2) is 7.31. The van der Waals surface area contributed by atoms with Crippen molar-refractivity contribution in [2.75, 3.05) is 6.61 Å². The van der Waals surface area contributed by atoms with E-state index in [-0.39, 0.29) is 19.0 Å². The summed E-state index contributed by atoms with van der Waals surface area (Å²) < 4.78 is 24.4. The molecule has 3 aromatic rings. The predicted molar refractivity (Wildman–Crippen MR) is 102 cm³/mol. The lowest BCUT2D eigenvalue weighted by atomic mass is 9.94. The number of carbonyl (C=O) groups excluding carboxylic acids is 1. The van der Waals surface area contributed by atoms with Gasteiger partial charge in [0.05, 0.1) is 0 Å². The average molecular weight is 378 g/mol. The molecule has 1 aliphatic heterocycles. The van der Waals surface area contributed by atoms with E-state index >= 15 is 0 Å². The monoisotopic (exact) mass is 378 g/mol. The SMILES string of the molecule is CC1(NC(=O)OCc2ccccc2)COc2c1ccnc2-c1ccc(F)cc1. The maximum atomic E-state index is 13.2. The number of halogens is 1. The molecule has 0 radical (unpaired) electrons. The number of nitrogens with one attached hydrogen (secondary N) is 1. The molecule has 5 nitrogen and oxygen atoms in total. The minimum absolute atomic E-state index is 0.188. The summed E-state index contributed by atoms with van der Waals surface area (Å²) in [6.45, 7) is 2.31. The van der Waals surface area contributed by atoms with Gasteiger partial charge in [0.2, 0.25) is 0 Å². The van der Waals surface area contributed by atoms with E-state index in [9.17, 15) is 9.18 Å². The molecule has 142 valence electrons. The normalized spacial score (nSPS) is 17.5. The number of hydrogen-bond donors (Lipinski definition) is 1. The Labute approximate surface area is 162 Å². The molecule has 0 fully saturated rings. The molecular formula is C22H19FN2O3. The number of carbonyl (C=O) groups is 1. The molecule has 1 N–H and O–H groups in total. The van der Waals surface area contributed by atoms with Gasteiger partial charge in [-0.2, -0.15) is 0 Å². The number of amides is 1. The van der Waals surface area contributed by atoms with Crippen molar-refractivity contribution in [1.29, 1.82) is 0 Å². The molecule has 4 rings (SSSR count). The maximum Gasteiger partial charge on any atom is 0.408 e. The topological polar surface area (TPSA) is 60.5 Å². The van der Waals surface area contributed by atoms with Crippen LogP contribution in [0.4, 0.5) is 9.18 Å². The molecule has 1 aromatic heterocycles. The summed E-state index contributed by atoms with van der Waals surface area (Å²) in [5, 5.41) is 2.90. The highest BCUT2D eigenvalue weighted by Gasteiger charge is 2.40. The summed E-state index contributed by atoms with van der Waals surface area (Å²) in [7, 11) is 0. The summed E-state index contributed by atoms with van der Waals surface area (Å²) >= 11 is 0. The Kier molecular flexibility index (Phi) is 4.69. The van der Waals surface area contributed by atoms with Crippen molar-refractivity contribution in [3.05, 3.63) is 83.8 Å². The van der Waals surface area contributed by atoms with Crippen LogP contribution in [0.15, 0.2) is 66.9 Å². The molecule has 2 heterocycles. The van der Waals surface area contributed by atoms with E-state index in [2.05, 4.69) is 10.3 Å². The van der Waals surface area contributed by atoms with E-state index < -0.39 is 11.6 Å². The van der Waals surface area contributed by atoms with E-state index in [0.717, 1.165) is 16.7 Å². The number of fused-ring (bicyclic) bond motifs is 1. The number of alkyl carbamates (subject to hydrolysis) is 1. The van der Waals surface area contributed by atoms with Gasteiger partial charge in [-0.05, 0) is 42.8 Å². The number of nitrogens with zero attached hydrogens (tertiary/aromatic N) is 1. The highest BCUT2D eigenvalue weighted by molar-refractivity contribution is 5.73. The number of pyridine rings is 1. The fourth-order valence-electron chi connectivity index (χ4n) is 3.22. The number of rotatable bonds is 4. The average Bonchev–Trinajstić information content (AvgIpc) is 3.04. The van der Waals surface area contributed by atoms with E-state index in [1.54, 1.807) is 18.3 Å². The van der Waals surface area contributed by atoms with Gasteiger partial charge in [-0.15, -0.1) is 0 Å². The van der Waals surface area contributed by atoms with Gasteiger partial charge in [0.15, 0.2) is 5.75 Å². The van der Waals surface area contributed by atoms with Crippen molar-refractivity contribution in [3.63, 3.8) is 0 Å². The molecule has 0 bridgehead atoms. The van der Waals surface area contributed by atoms with Crippen molar-refractivity contribution < 1.29 is 18.7 Å². The lowest BCUT2D eigenvalue weighted by Gasteiger charge is -2.24. The van der Waals surface area contributed by atoms with Gasteiger partial charge < -0.3 is 14.8 Å². The van der Waals surface area contributed by atoms with E-state index in [1.807, 2.05) is 43.3 Å². The summed E-state index contributed by atoms with van der Waals surface area (Å²) in [6.07, 6.45) is 1.13. The molecule has 1 unspecified atom stereocenters. The first-order chi connectivity index (χ1) is 13.5. The minimum Gasteiger partial charge on any atom is -0.488 e. The molecular weight excluding hydrogens is 359 g/mol. The van der Waals surface area contributed by atoms with E-state index in [0.29, 0.717) is 11.4 Å². The van der Waals surface area contributed by atoms with Crippen LogP contribution in [0.5, 0.6) is 5.75 Å². The molecule has 2 aromatic carbocycles. The molecule has 28 heavy (non-hydrogen) atoms. The Hall–Kier alpha value is -3.41. The van der Waals surface area contributed by atoms with E-state index in [1.165, 1.54) is 12.1 Å². The summed E-state index contributed by atoms with van der Waals surface area (Å²) in [4.78, 5) is 16.7. The van der Waals surface area contributed by atoms with Crippen LogP contribution in [-0.4, -0.2) is 17.7 Å². The van der Waals surface area contributed by atoms with Crippen LogP contribution in [-0.2, 0) is 16.9 Å². The smallest absolute Gasteiger partial charge is 0.408 e. The number of hydrogen-bond acceptors (Lipinski definition) is 4. The first-order valence-electron chi connectivity index (χ1n) is 8.92. The first kappa shape index (κ1) is 18.0. The first-order valence-corrected chi connectivity index (χ1v) is 8.92. The van der Waals surface area contributed by atoms with Gasteiger partial charge in [-0.1, -0.05) is 30.3 Å². The van der Waals surface area contributed by atoms with Crippen LogP contribution in [0.2, 0.25) is 0 Å². The Bertz CT molecular complexity index is 992. The third-order valence-electron chi connectivity index (χ3n) is 4.71. The molecule has 0 spiro atoms. The lowest BCUT2D eigenvalue weighted by Crippen LogP contribution is -2.45. The van der Waals surface area contributed by atoms with Crippen molar-refractivity contribution in [3.8, 4) is 17.0 Å². The summed E-state index contributed by atoms with van der Waals surface area (Å²) in [6, 6.07) is 17.3. The van der Waals surface area contributed by atoms with Crippen molar-refractivity contribution in [2.24, 2.45) is 0 Å². The van der Waals surface area contributed by atoms with Gasteiger partial charge in [-0.3, -0.25) is 4.98 Å². The highest BCUT2D eigenvalue weighted by Crippen LogP contribution is 2.42. The molecule has 1 amide bonds. The molecule has 1 atom stereocenters. The standard InChI is InChI=1S/C22H19FN2O3/c1-22(25-21(26)27-13-15-5-3-2-4-6-15)14-28-20-18(22)11-12-24-19(20)16-7-9-17(23)10-8-16/h2-12H,13-14H2,1H3,(H,25,26). The molecule has 1 aliphatic rings. The Morgan fingerprint density at radius 3 is 2.68 bits per heavy atom. The summed E-state index contributed by atoms with van der Waals surface area (Å²) in [5.41, 5.74) is 2.32. The molecule has 0 saturated heterocycles. The quantitative estimate of drug-likeness (QED) is 0.730. The van der Waals surface area contributed by atoms with Crippen LogP contribution in [0, 0.1) is 5.82 Å². The Morgan fingerprint density at radius 1 is 1.18 bits per heavy atom. The van der Waals surface area contributed by atoms with Gasteiger partial charge >= 0.3 is 6.09 Å². The van der Waals surface area contributed by atoms with Gasteiger partial charge in [-0.25, -0.2) is 9.18 Å². The predicted octanol–water partition coefficient (Wildman–Crippen LogP) is 4.42. The van der Waals surface area contributed by atoms with Crippen LogP contribution in [0.25, 0.3) is 11.3 Å². The van der Waals surface area contributed by atoms with Crippen LogP contribution >= 0.6 is 0 Å². The molecule has 6 heteroatoms. The van der Waals surface area contributed by atoms with Crippen molar-refractivity contribution in [2.45, 2.75) is 19.1 Å². The fourth-order valence-corrected chi connectivity index (χ4v) is 3.22. The zero-order chi connectivity index (χ0) is 19.6. The van der Waals surface area contributed by atoms with Crippen LogP contribution < -0.4 is 10.1 Å². The Balaban J connectivity index is 1.52. The number of ether oxygens (including phenoxy) is 2. The second-order valence-electron chi connectivity index (χ2n) is 6.85. The van der Waals surface area contributed by atoms with Crippen LogP contribution in [0.3, 0.4) is 0 Å². The number of aromatic nitrogens is 1. The second-order valence-corrected chi connectivity index (χ2v) is 6.85. The van der Waals surface area contributed by atoms with E-state index in [4.69, 9.17) is 9.47 Å². The zero-order valence-electron chi connectivity index (χ0n) is 15.3. The van der Waals surface area contributed by atoms with Crippen molar-refractivity contribution in [1.82, 2.24) is 10.3 Å². The van der Waals surface area contributed by atoms with Gasteiger partial charge in [0, 0.05) is 17.3 Å². The fraction of sp³-hybridized carbons (Fsp3) is 0.182. The molecule has 0 saturated carbocycles. The van der Waals surface area contributed by atoms with Crippen molar-refractivity contribution >= 4 is 6.09 Å². The maximum absolute atomic E-state index is 13.2. The Morgan fingerprint density at radius 2 is 1.93 bits per heavy atom. The minimum atomic E-state index is -0.749.